The number of epoxide rings is 1. The zero-order valence-corrected chi connectivity index (χ0v) is 7.08. The Labute approximate surface area is 71.7 Å². The molecule has 1 unspecified atom stereocenters. The van der Waals surface area contributed by atoms with Gasteiger partial charge in [-0.25, -0.2) is 4.79 Å². The van der Waals surface area contributed by atoms with Gasteiger partial charge in [-0.15, -0.1) is 0 Å². The predicted molar refractivity (Wildman–Crippen MR) is 44.7 cm³/mol. The highest BCUT2D eigenvalue weighted by molar-refractivity contribution is 5.90. The first-order valence-electron chi connectivity index (χ1n) is 3.84. The van der Waals surface area contributed by atoms with Crippen LogP contribution < -0.4 is 0 Å². The third kappa shape index (κ3) is 2.88. The van der Waals surface area contributed by atoms with Crippen molar-refractivity contribution in [3.8, 4) is 0 Å². The molecule has 66 valence electrons. The van der Waals surface area contributed by atoms with E-state index in [0.29, 0.717) is 18.8 Å². The van der Waals surface area contributed by atoms with Crippen LogP contribution in [0.25, 0.3) is 0 Å². The van der Waals surface area contributed by atoms with Crippen molar-refractivity contribution in [2.75, 3.05) is 13.2 Å². The second-order valence-corrected chi connectivity index (χ2v) is 2.58. The fourth-order valence-electron chi connectivity index (χ4n) is 0.695. The van der Waals surface area contributed by atoms with Crippen LogP contribution in [0.5, 0.6) is 0 Å². The molecule has 1 saturated heterocycles. The maximum Gasteiger partial charge on any atom is 0.337 e. The average Bonchev–Trinajstić information content (AvgIpc) is 2.83. The van der Waals surface area contributed by atoms with Gasteiger partial charge in [-0.05, 0) is 6.92 Å². The number of esters is 1. The summed E-state index contributed by atoms with van der Waals surface area (Å²) < 4.78 is 9.74. The lowest BCUT2D eigenvalue weighted by molar-refractivity contribution is -0.139. The molecule has 1 rings (SSSR count). The van der Waals surface area contributed by atoms with Gasteiger partial charge in [-0.2, -0.15) is 0 Å². The molecule has 1 heterocycles. The Hall–Kier alpha value is -1.09. The third-order valence-electron chi connectivity index (χ3n) is 1.43. The van der Waals surface area contributed by atoms with Gasteiger partial charge in [0.15, 0.2) is 0 Å². The standard InChI is InChI=1S/C9H12O3/c1-3-4-7(2)9(10)12-6-8-5-11-8/h3-4,8H,2,5-6H2,1H3. The Morgan fingerprint density at radius 3 is 3.00 bits per heavy atom. The largest absolute Gasteiger partial charge is 0.459 e. The number of rotatable bonds is 4. The van der Waals surface area contributed by atoms with E-state index in [0.717, 1.165) is 0 Å². The van der Waals surface area contributed by atoms with Crippen molar-refractivity contribution >= 4 is 5.97 Å². The van der Waals surface area contributed by atoms with Crippen molar-refractivity contribution in [1.82, 2.24) is 0 Å². The lowest BCUT2D eigenvalue weighted by atomic mass is 10.3. The molecule has 3 nitrogen and oxygen atoms in total. The van der Waals surface area contributed by atoms with Crippen molar-refractivity contribution in [1.29, 1.82) is 0 Å². The number of carbonyl (C=O) groups excluding carboxylic acids is 1. The molecule has 1 atom stereocenters. The van der Waals surface area contributed by atoms with E-state index in [1.54, 1.807) is 12.2 Å². The molecular formula is C9H12O3. The maximum atomic E-state index is 11.0. The Kier molecular flexibility index (Phi) is 3.05. The minimum absolute atomic E-state index is 0.118. The monoisotopic (exact) mass is 168 g/mol. The van der Waals surface area contributed by atoms with Crippen LogP contribution in [-0.2, 0) is 14.3 Å². The molecule has 0 aromatic rings. The molecule has 3 heteroatoms. The third-order valence-corrected chi connectivity index (χ3v) is 1.43. The molecule has 0 aliphatic carbocycles. The van der Waals surface area contributed by atoms with E-state index in [-0.39, 0.29) is 12.1 Å². The highest BCUT2D eigenvalue weighted by Crippen LogP contribution is 2.09. The summed E-state index contributed by atoms with van der Waals surface area (Å²) in [5.74, 6) is -0.372. The van der Waals surface area contributed by atoms with Crippen molar-refractivity contribution < 1.29 is 14.3 Å². The Morgan fingerprint density at radius 1 is 1.83 bits per heavy atom. The van der Waals surface area contributed by atoms with E-state index in [4.69, 9.17) is 9.47 Å². The molecule has 0 radical (unpaired) electrons. The zero-order chi connectivity index (χ0) is 8.97. The van der Waals surface area contributed by atoms with E-state index >= 15 is 0 Å². The average molecular weight is 168 g/mol. The van der Waals surface area contributed by atoms with Gasteiger partial charge < -0.3 is 9.47 Å². The molecule has 12 heavy (non-hydrogen) atoms. The highest BCUT2D eigenvalue weighted by atomic mass is 16.6. The lowest BCUT2D eigenvalue weighted by Gasteiger charge is -2.00. The van der Waals surface area contributed by atoms with Gasteiger partial charge >= 0.3 is 5.97 Å². The topological polar surface area (TPSA) is 38.8 Å². The molecule has 0 spiro atoms. The van der Waals surface area contributed by atoms with E-state index in [2.05, 4.69) is 6.58 Å². The van der Waals surface area contributed by atoms with Crippen LogP contribution in [0.2, 0.25) is 0 Å². The zero-order valence-electron chi connectivity index (χ0n) is 7.08. The van der Waals surface area contributed by atoms with Gasteiger partial charge in [-0.1, -0.05) is 18.7 Å². The van der Waals surface area contributed by atoms with Gasteiger partial charge in [0.05, 0.1) is 12.2 Å². The number of allylic oxidation sites excluding steroid dienone is 1. The smallest absolute Gasteiger partial charge is 0.337 e. The summed E-state index contributed by atoms with van der Waals surface area (Å²) in [7, 11) is 0. The summed E-state index contributed by atoms with van der Waals surface area (Å²) in [6.45, 7) is 6.40. The number of hydrogen-bond donors (Lipinski definition) is 0. The van der Waals surface area contributed by atoms with Crippen LogP contribution in [0, 0.1) is 0 Å². The molecule has 0 aromatic carbocycles. The van der Waals surface area contributed by atoms with Crippen molar-refractivity contribution in [3.63, 3.8) is 0 Å². The predicted octanol–water partition coefficient (Wildman–Crippen LogP) is 1.06. The number of hydrogen-bond acceptors (Lipinski definition) is 3. The van der Waals surface area contributed by atoms with E-state index in [9.17, 15) is 4.79 Å². The first-order chi connectivity index (χ1) is 5.74. The van der Waals surface area contributed by atoms with E-state index in [1.165, 1.54) is 0 Å². The highest BCUT2D eigenvalue weighted by Gasteiger charge is 2.24. The van der Waals surface area contributed by atoms with Crippen molar-refractivity contribution in [2.24, 2.45) is 0 Å². The number of carbonyl (C=O) groups is 1. The normalized spacial score (nSPS) is 20.9. The summed E-state index contributed by atoms with van der Waals surface area (Å²) in [4.78, 5) is 11.0. The van der Waals surface area contributed by atoms with Crippen LogP contribution >= 0.6 is 0 Å². The van der Waals surface area contributed by atoms with Crippen molar-refractivity contribution in [2.45, 2.75) is 13.0 Å². The van der Waals surface area contributed by atoms with Gasteiger partial charge in [0, 0.05) is 0 Å². The van der Waals surface area contributed by atoms with Crippen LogP contribution in [0.3, 0.4) is 0 Å². The molecule has 1 aliphatic rings. The summed E-state index contributed by atoms with van der Waals surface area (Å²) in [5, 5.41) is 0. The Bertz CT molecular complexity index is 214. The molecule has 0 aromatic heterocycles. The Balaban J connectivity index is 2.21. The Morgan fingerprint density at radius 2 is 2.50 bits per heavy atom. The summed E-state index contributed by atoms with van der Waals surface area (Å²) in [6, 6.07) is 0. The lowest BCUT2D eigenvalue weighted by Crippen LogP contribution is -2.10. The molecule has 0 N–H and O–H groups in total. The first kappa shape index (κ1) is 9.00. The fourth-order valence-corrected chi connectivity index (χ4v) is 0.695. The molecule has 0 bridgehead atoms. The van der Waals surface area contributed by atoms with Gasteiger partial charge in [0.25, 0.3) is 0 Å². The van der Waals surface area contributed by atoms with Crippen molar-refractivity contribution in [3.05, 3.63) is 24.3 Å². The van der Waals surface area contributed by atoms with Gasteiger partial charge in [0.2, 0.25) is 0 Å². The van der Waals surface area contributed by atoms with Crippen LogP contribution in [0.1, 0.15) is 6.92 Å². The van der Waals surface area contributed by atoms with E-state index < -0.39 is 0 Å². The summed E-state index contributed by atoms with van der Waals surface area (Å²) in [5.41, 5.74) is 0.373. The molecule has 0 saturated carbocycles. The molecular weight excluding hydrogens is 156 g/mol. The fraction of sp³-hybridized carbons (Fsp3) is 0.444. The molecule has 1 aliphatic heterocycles. The summed E-state index contributed by atoms with van der Waals surface area (Å²) in [6.07, 6.45) is 3.49. The maximum absolute atomic E-state index is 11.0. The quantitative estimate of drug-likeness (QED) is 0.273. The van der Waals surface area contributed by atoms with Gasteiger partial charge in [0.1, 0.15) is 12.7 Å². The van der Waals surface area contributed by atoms with Crippen LogP contribution in [0.15, 0.2) is 24.3 Å². The summed E-state index contributed by atoms with van der Waals surface area (Å²) >= 11 is 0. The second kappa shape index (κ2) is 4.07. The molecule has 0 amide bonds. The van der Waals surface area contributed by atoms with Crippen LogP contribution in [0.4, 0.5) is 0 Å². The van der Waals surface area contributed by atoms with Gasteiger partial charge in [-0.3, -0.25) is 0 Å². The van der Waals surface area contributed by atoms with Crippen LogP contribution in [-0.4, -0.2) is 25.3 Å². The first-order valence-corrected chi connectivity index (χ1v) is 3.84. The number of ether oxygens (including phenoxy) is 2. The SMILES string of the molecule is C=C(C=CC)C(=O)OCC1CO1. The second-order valence-electron chi connectivity index (χ2n) is 2.58. The van der Waals surface area contributed by atoms with E-state index in [1.807, 2.05) is 6.92 Å². The molecule has 1 fully saturated rings. The minimum atomic E-state index is -0.372. The minimum Gasteiger partial charge on any atom is -0.459 e.